The van der Waals surface area contributed by atoms with Crippen molar-refractivity contribution in [3.63, 3.8) is 0 Å². The van der Waals surface area contributed by atoms with Gasteiger partial charge < -0.3 is 14.2 Å². The van der Waals surface area contributed by atoms with Crippen LogP contribution in [0.25, 0.3) is 0 Å². The highest BCUT2D eigenvalue weighted by Crippen LogP contribution is 2.23. The van der Waals surface area contributed by atoms with Gasteiger partial charge in [-0.15, -0.1) is 0 Å². The van der Waals surface area contributed by atoms with Gasteiger partial charge in [-0.1, -0.05) is 0 Å². The van der Waals surface area contributed by atoms with Crippen molar-refractivity contribution < 1.29 is 23.9 Å². The zero-order valence-corrected chi connectivity index (χ0v) is 9.99. The lowest BCUT2D eigenvalue weighted by atomic mass is 10.2. The van der Waals surface area contributed by atoms with Gasteiger partial charge in [0.15, 0.2) is 12.6 Å². The molecule has 0 aromatic heterocycles. The van der Waals surface area contributed by atoms with Crippen LogP contribution in [0.4, 0.5) is 5.69 Å². The number of aldehydes is 1. The molecule has 0 heterocycles. The molecule has 1 aromatic carbocycles. The van der Waals surface area contributed by atoms with E-state index in [1.54, 1.807) is 0 Å². The molecular formula is C11H13NO6. The number of methoxy groups -OCH3 is 2. The van der Waals surface area contributed by atoms with E-state index in [-0.39, 0.29) is 23.6 Å². The quantitative estimate of drug-likeness (QED) is 0.317. The summed E-state index contributed by atoms with van der Waals surface area (Å²) in [6.07, 6.45) is -0.0445. The Hall–Kier alpha value is -1.99. The molecule has 0 aliphatic heterocycles. The minimum Gasteiger partial charge on any atom is -0.487 e. The topological polar surface area (TPSA) is 87.9 Å². The highest BCUT2D eigenvalue weighted by molar-refractivity contribution is 5.80. The van der Waals surface area contributed by atoms with E-state index in [1.165, 1.54) is 32.4 Å². The number of hydrogen-bond donors (Lipinski definition) is 0. The summed E-state index contributed by atoms with van der Waals surface area (Å²) in [6.45, 7) is 0.0228. The minimum absolute atomic E-state index is 0.0228. The first-order valence-electron chi connectivity index (χ1n) is 5.04. The molecule has 1 aromatic rings. The summed E-state index contributed by atoms with van der Waals surface area (Å²) in [5, 5.41) is 10.6. The fraction of sp³-hybridized carbons (Fsp3) is 0.364. The van der Waals surface area contributed by atoms with Crippen LogP contribution in [0.2, 0.25) is 0 Å². The smallest absolute Gasteiger partial charge is 0.273 e. The molecule has 0 radical (unpaired) electrons. The monoisotopic (exact) mass is 255 g/mol. The van der Waals surface area contributed by atoms with E-state index in [0.717, 1.165) is 0 Å². The second-order valence-electron chi connectivity index (χ2n) is 3.31. The van der Waals surface area contributed by atoms with Gasteiger partial charge in [-0.05, 0) is 6.07 Å². The highest BCUT2D eigenvalue weighted by atomic mass is 16.7. The maximum Gasteiger partial charge on any atom is 0.273 e. The van der Waals surface area contributed by atoms with Crippen molar-refractivity contribution >= 4 is 12.0 Å². The van der Waals surface area contributed by atoms with Crippen molar-refractivity contribution in [2.45, 2.75) is 6.29 Å². The van der Waals surface area contributed by atoms with Crippen LogP contribution in [0.1, 0.15) is 10.4 Å². The first-order valence-corrected chi connectivity index (χ1v) is 5.04. The van der Waals surface area contributed by atoms with Crippen molar-refractivity contribution in [3.8, 4) is 5.75 Å². The van der Waals surface area contributed by atoms with E-state index in [2.05, 4.69) is 0 Å². The number of ether oxygens (including phenoxy) is 3. The Kier molecular flexibility index (Phi) is 5.22. The SMILES string of the molecule is COC(COc1cc([N+](=O)[O-])ccc1C=O)OC. The number of hydrogen-bond acceptors (Lipinski definition) is 6. The predicted molar refractivity (Wildman–Crippen MR) is 61.8 cm³/mol. The van der Waals surface area contributed by atoms with Crippen molar-refractivity contribution in [1.82, 2.24) is 0 Å². The highest BCUT2D eigenvalue weighted by Gasteiger charge is 2.13. The first-order chi connectivity index (χ1) is 8.62. The summed E-state index contributed by atoms with van der Waals surface area (Å²) in [4.78, 5) is 20.8. The number of benzene rings is 1. The molecular weight excluding hydrogens is 242 g/mol. The predicted octanol–water partition coefficient (Wildman–Crippen LogP) is 1.40. The Labute approximate surface area is 103 Å². The second kappa shape index (κ2) is 6.67. The van der Waals surface area contributed by atoms with Crippen LogP contribution in [0.3, 0.4) is 0 Å². The number of rotatable bonds is 7. The molecule has 18 heavy (non-hydrogen) atoms. The molecule has 0 atom stereocenters. The largest absolute Gasteiger partial charge is 0.487 e. The van der Waals surface area contributed by atoms with Gasteiger partial charge in [0.1, 0.15) is 12.4 Å². The summed E-state index contributed by atoms with van der Waals surface area (Å²) in [5.41, 5.74) is 0.0774. The average Bonchev–Trinajstić information content (AvgIpc) is 2.39. The fourth-order valence-corrected chi connectivity index (χ4v) is 1.25. The summed E-state index contributed by atoms with van der Waals surface area (Å²) in [7, 11) is 2.87. The van der Waals surface area contributed by atoms with Crippen LogP contribution in [-0.2, 0) is 9.47 Å². The van der Waals surface area contributed by atoms with Gasteiger partial charge in [0.05, 0.1) is 16.6 Å². The number of nitro groups is 1. The molecule has 0 amide bonds. The van der Waals surface area contributed by atoms with E-state index < -0.39 is 11.2 Å². The molecule has 0 spiro atoms. The maximum absolute atomic E-state index is 10.8. The Bertz CT molecular complexity index is 430. The normalized spacial score (nSPS) is 10.4. The summed E-state index contributed by atoms with van der Waals surface area (Å²) >= 11 is 0. The molecule has 7 heteroatoms. The van der Waals surface area contributed by atoms with Crippen molar-refractivity contribution in [1.29, 1.82) is 0 Å². The third-order valence-corrected chi connectivity index (χ3v) is 2.24. The third kappa shape index (κ3) is 3.51. The van der Waals surface area contributed by atoms with Crippen molar-refractivity contribution in [2.75, 3.05) is 20.8 Å². The average molecular weight is 255 g/mol. The number of carbonyl (C=O) groups excluding carboxylic acids is 1. The van der Waals surface area contributed by atoms with E-state index >= 15 is 0 Å². The van der Waals surface area contributed by atoms with Crippen LogP contribution < -0.4 is 4.74 Å². The van der Waals surface area contributed by atoms with E-state index in [9.17, 15) is 14.9 Å². The van der Waals surface area contributed by atoms with Crippen LogP contribution in [-0.4, -0.2) is 38.3 Å². The van der Waals surface area contributed by atoms with Gasteiger partial charge in [-0.3, -0.25) is 14.9 Å². The first kappa shape index (κ1) is 14.1. The molecule has 0 saturated carbocycles. The van der Waals surface area contributed by atoms with Gasteiger partial charge in [-0.25, -0.2) is 0 Å². The molecule has 1 rings (SSSR count). The summed E-state index contributed by atoms with van der Waals surface area (Å²) in [6, 6.07) is 3.75. The van der Waals surface area contributed by atoms with Gasteiger partial charge >= 0.3 is 0 Å². The molecule has 98 valence electrons. The Morgan fingerprint density at radius 3 is 2.56 bits per heavy atom. The number of carbonyl (C=O) groups is 1. The van der Waals surface area contributed by atoms with Crippen LogP contribution in [0.15, 0.2) is 18.2 Å². The molecule has 0 fully saturated rings. The zero-order valence-electron chi connectivity index (χ0n) is 9.99. The lowest BCUT2D eigenvalue weighted by Gasteiger charge is -2.15. The molecule has 7 nitrogen and oxygen atoms in total. The molecule has 0 N–H and O–H groups in total. The van der Waals surface area contributed by atoms with E-state index in [4.69, 9.17) is 14.2 Å². The minimum atomic E-state index is -0.608. The maximum atomic E-state index is 10.8. The molecule has 0 bridgehead atoms. The molecule has 0 aliphatic rings. The Morgan fingerprint density at radius 2 is 2.06 bits per heavy atom. The van der Waals surface area contributed by atoms with Gasteiger partial charge in [0.25, 0.3) is 5.69 Å². The zero-order chi connectivity index (χ0) is 13.5. The van der Waals surface area contributed by atoms with Crippen molar-refractivity contribution in [3.05, 3.63) is 33.9 Å². The molecule has 0 saturated heterocycles. The molecule has 0 aliphatic carbocycles. The number of non-ortho nitro benzene ring substituents is 1. The third-order valence-electron chi connectivity index (χ3n) is 2.24. The second-order valence-corrected chi connectivity index (χ2v) is 3.31. The summed E-state index contributed by atoms with van der Waals surface area (Å²) < 4.78 is 15.1. The number of nitro benzene ring substituents is 1. The van der Waals surface area contributed by atoms with Gasteiger partial charge in [0, 0.05) is 20.3 Å². The van der Waals surface area contributed by atoms with Crippen LogP contribution >= 0.6 is 0 Å². The lowest BCUT2D eigenvalue weighted by Crippen LogP contribution is -2.22. The standard InChI is InChI=1S/C11H13NO6/c1-16-11(17-2)7-18-10-5-9(12(14)15)4-3-8(10)6-13/h3-6,11H,7H2,1-2H3. The van der Waals surface area contributed by atoms with Crippen LogP contribution in [0.5, 0.6) is 5.75 Å². The van der Waals surface area contributed by atoms with E-state index in [0.29, 0.717) is 6.29 Å². The lowest BCUT2D eigenvalue weighted by molar-refractivity contribution is -0.385. The number of nitrogens with zero attached hydrogens (tertiary/aromatic N) is 1. The van der Waals surface area contributed by atoms with Crippen molar-refractivity contribution in [2.24, 2.45) is 0 Å². The molecule has 0 unspecified atom stereocenters. The van der Waals surface area contributed by atoms with Gasteiger partial charge in [0.2, 0.25) is 0 Å². The van der Waals surface area contributed by atoms with Gasteiger partial charge in [-0.2, -0.15) is 0 Å². The fourth-order valence-electron chi connectivity index (χ4n) is 1.25. The van der Waals surface area contributed by atoms with E-state index in [1.807, 2.05) is 0 Å². The Morgan fingerprint density at radius 1 is 1.39 bits per heavy atom. The summed E-state index contributed by atoms with van der Waals surface area (Å²) in [5.74, 6) is 0.123. The Balaban J connectivity index is 2.87. The van der Waals surface area contributed by atoms with Crippen LogP contribution in [0, 0.1) is 10.1 Å².